The second-order valence-electron chi connectivity index (χ2n) is 5.53. The van der Waals surface area contributed by atoms with E-state index in [4.69, 9.17) is 10.5 Å². The zero-order valence-corrected chi connectivity index (χ0v) is 13.8. The maximum absolute atomic E-state index is 5.92. The zero-order valence-electron chi connectivity index (χ0n) is 12.2. The highest BCUT2D eigenvalue weighted by molar-refractivity contribution is 9.10. The number of rotatable bonds is 6. The molecule has 0 radical (unpaired) electrons. The maximum atomic E-state index is 5.92. The number of nitrogens with zero attached hydrogens (tertiary/aromatic N) is 1. The number of piperidine rings is 1. The molecular weight excluding hydrogens is 316 g/mol. The topological polar surface area (TPSA) is 38.5 Å². The highest BCUT2D eigenvalue weighted by Gasteiger charge is 2.26. The van der Waals surface area contributed by atoms with Crippen LogP contribution in [-0.4, -0.2) is 37.2 Å². The van der Waals surface area contributed by atoms with Crippen molar-refractivity contribution in [1.82, 2.24) is 4.90 Å². The summed E-state index contributed by atoms with van der Waals surface area (Å²) in [5.41, 5.74) is 5.92. The minimum absolute atomic E-state index is 0.528. The number of halogens is 1. The highest BCUT2D eigenvalue weighted by Crippen LogP contribution is 2.24. The summed E-state index contributed by atoms with van der Waals surface area (Å²) in [5, 5.41) is 0. The van der Waals surface area contributed by atoms with Gasteiger partial charge in [0, 0.05) is 23.6 Å². The largest absolute Gasteiger partial charge is 0.492 e. The van der Waals surface area contributed by atoms with E-state index in [-0.39, 0.29) is 0 Å². The van der Waals surface area contributed by atoms with Gasteiger partial charge in [-0.1, -0.05) is 35.3 Å². The van der Waals surface area contributed by atoms with Crippen LogP contribution in [0.2, 0.25) is 0 Å². The lowest BCUT2D eigenvalue weighted by Crippen LogP contribution is -2.48. The number of hydrogen-bond acceptors (Lipinski definition) is 3. The lowest BCUT2D eigenvalue weighted by molar-refractivity contribution is 0.0969. The van der Waals surface area contributed by atoms with Crippen molar-refractivity contribution in [3.63, 3.8) is 0 Å². The Labute approximate surface area is 130 Å². The fourth-order valence-corrected chi connectivity index (χ4v) is 3.31. The van der Waals surface area contributed by atoms with Crippen LogP contribution < -0.4 is 10.5 Å². The molecular formula is C16H25BrN2O. The van der Waals surface area contributed by atoms with Gasteiger partial charge in [0.2, 0.25) is 0 Å². The Hall–Kier alpha value is -0.580. The summed E-state index contributed by atoms with van der Waals surface area (Å²) in [4.78, 5) is 2.49. The maximum Gasteiger partial charge on any atom is 0.120 e. The molecule has 112 valence electrons. The molecule has 1 aromatic rings. The van der Waals surface area contributed by atoms with Gasteiger partial charge in [-0.05, 0) is 43.5 Å². The monoisotopic (exact) mass is 340 g/mol. The number of likely N-dealkylation sites (tertiary alicyclic amines) is 1. The Morgan fingerprint density at radius 2 is 2.30 bits per heavy atom. The quantitative estimate of drug-likeness (QED) is 0.863. The molecule has 20 heavy (non-hydrogen) atoms. The summed E-state index contributed by atoms with van der Waals surface area (Å²) in [6.45, 7) is 5.88. The summed E-state index contributed by atoms with van der Waals surface area (Å²) in [6.07, 6.45) is 3.81. The second kappa shape index (κ2) is 8.01. The van der Waals surface area contributed by atoms with Crippen molar-refractivity contribution >= 4 is 15.9 Å². The van der Waals surface area contributed by atoms with Gasteiger partial charge >= 0.3 is 0 Å². The lowest BCUT2D eigenvalue weighted by Gasteiger charge is -2.38. The van der Waals surface area contributed by atoms with Gasteiger partial charge in [-0.3, -0.25) is 4.90 Å². The van der Waals surface area contributed by atoms with E-state index in [1.807, 2.05) is 24.3 Å². The third kappa shape index (κ3) is 4.47. The second-order valence-corrected chi connectivity index (χ2v) is 6.45. The molecule has 0 aromatic heterocycles. The third-order valence-corrected chi connectivity index (χ3v) is 4.73. The first kappa shape index (κ1) is 15.8. The summed E-state index contributed by atoms with van der Waals surface area (Å²) in [7, 11) is 0. The zero-order chi connectivity index (χ0) is 14.4. The van der Waals surface area contributed by atoms with E-state index in [9.17, 15) is 0 Å². The van der Waals surface area contributed by atoms with E-state index < -0.39 is 0 Å². The predicted molar refractivity (Wildman–Crippen MR) is 87.1 cm³/mol. The third-order valence-electron chi connectivity index (χ3n) is 4.24. The molecule has 0 aliphatic carbocycles. The average molecular weight is 341 g/mol. The van der Waals surface area contributed by atoms with Crippen molar-refractivity contribution < 1.29 is 4.74 Å². The van der Waals surface area contributed by atoms with E-state index in [1.54, 1.807) is 0 Å². The average Bonchev–Trinajstić information content (AvgIpc) is 2.47. The minimum atomic E-state index is 0.528. The van der Waals surface area contributed by atoms with Gasteiger partial charge < -0.3 is 10.5 Å². The standard InChI is InChI=1S/C16H25BrN2O/c1-2-13-6-7-19(15(10-13)12-18)8-9-20-16-5-3-4-14(17)11-16/h3-5,11,13,15H,2,6-10,12,18H2,1H3. The van der Waals surface area contributed by atoms with Gasteiger partial charge in [0.15, 0.2) is 0 Å². The van der Waals surface area contributed by atoms with Crippen LogP contribution in [0, 0.1) is 5.92 Å². The first-order chi connectivity index (χ1) is 9.72. The molecule has 0 amide bonds. The van der Waals surface area contributed by atoms with Gasteiger partial charge in [0.05, 0.1) is 0 Å². The van der Waals surface area contributed by atoms with Crippen LogP contribution in [0.15, 0.2) is 28.7 Å². The molecule has 2 unspecified atom stereocenters. The predicted octanol–water partition coefficient (Wildman–Crippen LogP) is 3.28. The van der Waals surface area contributed by atoms with Gasteiger partial charge in [0.1, 0.15) is 12.4 Å². The molecule has 2 N–H and O–H groups in total. The molecule has 1 saturated heterocycles. The molecule has 1 aromatic carbocycles. The van der Waals surface area contributed by atoms with Crippen LogP contribution >= 0.6 is 15.9 Å². The van der Waals surface area contributed by atoms with Crippen LogP contribution in [0.3, 0.4) is 0 Å². The van der Waals surface area contributed by atoms with Crippen molar-refractivity contribution in [2.24, 2.45) is 11.7 Å². The molecule has 3 nitrogen and oxygen atoms in total. The van der Waals surface area contributed by atoms with Crippen LogP contribution in [0.4, 0.5) is 0 Å². The first-order valence-electron chi connectivity index (χ1n) is 7.55. The van der Waals surface area contributed by atoms with Crippen molar-refractivity contribution in [3.8, 4) is 5.75 Å². The van der Waals surface area contributed by atoms with E-state index in [0.717, 1.165) is 42.4 Å². The summed E-state index contributed by atoms with van der Waals surface area (Å²) < 4.78 is 6.88. The normalized spacial score (nSPS) is 23.8. The molecule has 4 heteroatoms. The highest BCUT2D eigenvalue weighted by atomic mass is 79.9. The first-order valence-corrected chi connectivity index (χ1v) is 8.34. The fraction of sp³-hybridized carbons (Fsp3) is 0.625. The SMILES string of the molecule is CCC1CCN(CCOc2cccc(Br)c2)C(CN)C1. The smallest absolute Gasteiger partial charge is 0.120 e. The molecule has 2 atom stereocenters. The minimum Gasteiger partial charge on any atom is -0.492 e. The van der Waals surface area contributed by atoms with Crippen LogP contribution in [0.1, 0.15) is 26.2 Å². The fourth-order valence-electron chi connectivity index (χ4n) is 2.93. The Bertz CT molecular complexity index is 413. The number of benzene rings is 1. The van der Waals surface area contributed by atoms with Gasteiger partial charge in [-0.15, -0.1) is 0 Å². The van der Waals surface area contributed by atoms with Gasteiger partial charge in [-0.25, -0.2) is 0 Å². The van der Waals surface area contributed by atoms with Crippen molar-refractivity contribution in [2.75, 3.05) is 26.2 Å². The van der Waals surface area contributed by atoms with E-state index in [1.165, 1.54) is 19.3 Å². The lowest BCUT2D eigenvalue weighted by atomic mass is 9.89. The Balaban J connectivity index is 1.78. The van der Waals surface area contributed by atoms with Crippen molar-refractivity contribution in [1.29, 1.82) is 0 Å². The van der Waals surface area contributed by atoms with Crippen molar-refractivity contribution in [3.05, 3.63) is 28.7 Å². The van der Waals surface area contributed by atoms with Crippen molar-refractivity contribution in [2.45, 2.75) is 32.2 Å². The van der Waals surface area contributed by atoms with E-state index in [0.29, 0.717) is 6.04 Å². The molecule has 1 heterocycles. The molecule has 1 aliphatic heterocycles. The molecule has 0 bridgehead atoms. The molecule has 1 fully saturated rings. The summed E-state index contributed by atoms with van der Waals surface area (Å²) in [6, 6.07) is 8.53. The van der Waals surface area contributed by atoms with Crippen LogP contribution in [-0.2, 0) is 0 Å². The molecule has 2 rings (SSSR count). The molecule has 0 spiro atoms. The van der Waals surface area contributed by atoms with Gasteiger partial charge in [-0.2, -0.15) is 0 Å². The number of nitrogens with two attached hydrogens (primary N) is 1. The van der Waals surface area contributed by atoms with Crippen LogP contribution in [0.25, 0.3) is 0 Å². The molecule has 1 aliphatic rings. The number of ether oxygens (including phenoxy) is 1. The molecule has 0 saturated carbocycles. The Kier molecular flexibility index (Phi) is 6.33. The van der Waals surface area contributed by atoms with Crippen LogP contribution in [0.5, 0.6) is 5.75 Å². The summed E-state index contributed by atoms with van der Waals surface area (Å²) in [5.74, 6) is 1.78. The summed E-state index contributed by atoms with van der Waals surface area (Å²) >= 11 is 3.46. The Morgan fingerprint density at radius 1 is 1.45 bits per heavy atom. The Morgan fingerprint density at radius 3 is 3.00 bits per heavy atom. The number of hydrogen-bond donors (Lipinski definition) is 1. The van der Waals surface area contributed by atoms with E-state index >= 15 is 0 Å². The van der Waals surface area contributed by atoms with Gasteiger partial charge in [0.25, 0.3) is 0 Å². The van der Waals surface area contributed by atoms with E-state index in [2.05, 4.69) is 27.8 Å².